The molecule has 1 aliphatic heterocycles. The van der Waals surface area contributed by atoms with E-state index in [-0.39, 0.29) is 0 Å². The first-order chi connectivity index (χ1) is 7.84. The van der Waals surface area contributed by atoms with E-state index in [2.05, 4.69) is 16.9 Å². The molecule has 1 aliphatic rings. The number of ether oxygens (including phenoxy) is 1. The first kappa shape index (κ1) is 13.0. The van der Waals surface area contributed by atoms with E-state index in [0.29, 0.717) is 6.10 Å². The van der Waals surface area contributed by atoms with E-state index < -0.39 is 0 Å². The lowest BCUT2D eigenvalue weighted by molar-refractivity contribution is 0.104. The van der Waals surface area contributed by atoms with Crippen LogP contribution in [0.1, 0.15) is 26.7 Å². The molecular weight excluding hydrogens is 200 g/mol. The molecule has 1 aromatic rings. The van der Waals surface area contributed by atoms with Crippen LogP contribution in [0.2, 0.25) is 0 Å². The topological polar surface area (TPSA) is 25.4 Å². The summed E-state index contributed by atoms with van der Waals surface area (Å²) in [7, 11) is 2.14. The summed E-state index contributed by atoms with van der Waals surface area (Å²) in [6.45, 7) is 6.21. The minimum Gasteiger partial charge on any atom is -0.487 e. The van der Waals surface area contributed by atoms with Crippen LogP contribution in [-0.4, -0.2) is 36.1 Å². The molecule has 90 valence electrons. The molecule has 1 unspecified atom stereocenters. The predicted octanol–water partition coefficient (Wildman–Crippen LogP) is 2.58. The van der Waals surface area contributed by atoms with Gasteiger partial charge >= 0.3 is 0 Å². The van der Waals surface area contributed by atoms with Gasteiger partial charge < -0.3 is 9.64 Å². The Balaban J connectivity index is 0.000000606. The Morgan fingerprint density at radius 1 is 1.44 bits per heavy atom. The highest BCUT2D eigenvalue weighted by Crippen LogP contribution is 2.16. The molecule has 2 rings (SSSR count). The fourth-order valence-electron chi connectivity index (χ4n) is 1.82. The molecule has 0 aliphatic carbocycles. The highest BCUT2D eigenvalue weighted by Gasteiger charge is 2.18. The lowest BCUT2D eigenvalue weighted by Gasteiger charge is -2.29. The van der Waals surface area contributed by atoms with Crippen molar-refractivity contribution in [2.75, 3.05) is 20.1 Å². The highest BCUT2D eigenvalue weighted by molar-refractivity contribution is 5.15. The summed E-state index contributed by atoms with van der Waals surface area (Å²) in [4.78, 5) is 6.34. The Morgan fingerprint density at radius 3 is 2.88 bits per heavy atom. The molecule has 0 radical (unpaired) electrons. The molecule has 1 fully saturated rings. The minimum absolute atomic E-state index is 0.331. The zero-order chi connectivity index (χ0) is 11.8. The lowest BCUT2D eigenvalue weighted by Crippen LogP contribution is -2.38. The molecule has 1 aromatic heterocycles. The average molecular weight is 222 g/mol. The monoisotopic (exact) mass is 222 g/mol. The van der Waals surface area contributed by atoms with Crippen molar-refractivity contribution in [3.05, 3.63) is 24.5 Å². The van der Waals surface area contributed by atoms with Gasteiger partial charge in [0.1, 0.15) is 11.9 Å². The van der Waals surface area contributed by atoms with Crippen LogP contribution >= 0.6 is 0 Å². The van der Waals surface area contributed by atoms with Crippen molar-refractivity contribution in [1.29, 1.82) is 0 Å². The van der Waals surface area contributed by atoms with E-state index in [1.807, 2.05) is 26.0 Å². The minimum atomic E-state index is 0.331. The second kappa shape index (κ2) is 7.23. The Hall–Kier alpha value is -1.09. The molecule has 16 heavy (non-hydrogen) atoms. The van der Waals surface area contributed by atoms with Gasteiger partial charge in [-0.05, 0) is 38.6 Å². The maximum atomic E-state index is 5.82. The van der Waals surface area contributed by atoms with Gasteiger partial charge in [0.05, 0.1) is 6.20 Å². The molecular formula is C13H22N2O. The van der Waals surface area contributed by atoms with Crippen LogP contribution in [0.5, 0.6) is 5.75 Å². The van der Waals surface area contributed by atoms with Crippen LogP contribution in [-0.2, 0) is 0 Å². The summed E-state index contributed by atoms with van der Waals surface area (Å²) in [5.74, 6) is 0.882. The molecule has 0 saturated carbocycles. The van der Waals surface area contributed by atoms with Gasteiger partial charge in [-0.15, -0.1) is 0 Å². The molecule has 1 atom stereocenters. The number of likely N-dealkylation sites (N-methyl/N-ethyl adjacent to an activating group) is 1. The largest absolute Gasteiger partial charge is 0.487 e. The maximum Gasteiger partial charge on any atom is 0.138 e. The van der Waals surface area contributed by atoms with Crippen LogP contribution < -0.4 is 4.74 Å². The van der Waals surface area contributed by atoms with Gasteiger partial charge in [0.15, 0.2) is 0 Å². The number of rotatable bonds is 2. The molecule has 3 nitrogen and oxygen atoms in total. The first-order valence-electron chi connectivity index (χ1n) is 6.10. The molecule has 0 N–H and O–H groups in total. The molecule has 0 amide bonds. The van der Waals surface area contributed by atoms with E-state index in [1.54, 1.807) is 12.4 Å². The van der Waals surface area contributed by atoms with Crippen LogP contribution in [0.4, 0.5) is 0 Å². The lowest BCUT2D eigenvalue weighted by atomic mass is 10.1. The standard InChI is InChI=1S/C11H16N2O.C2H6/c1-13-7-3-5-11(9-13)14-10-4-2-6-12-8-10;1-2/h2,4,6,8,11H,3,5,7,9H2,1H3;1-2H3. The van der Waals surface area contributed by atoms with Crippen molar-refractivity contribution in [2.45, 2.75) is 32.8 Å². The summed E-state index contributed by atoms with van der Waals surface area (Å²) in [5, 5.41) is 0. The fraction of sp³-hybridized carbons (Fsp3) is 0.615. The van der Waals surface area contributed by atoms with Gasteiger partial charge in [-0.2, -0.15) is 0 Å². The maximum absolute atomic E-state index is 5.82. The number of hydrogen-bond acceptors (Lipinski definition) is 3. The van der Waals surface area contributed by atoms with Crippen molar-refractivity contribution in [3.8, 4) is 5.75 Å². The second-order valence-electron chi connectivity index (χ2n) is 3.83. The predicted molar refractivity (Wildman–Crippen MR) is 66.7 cm³/mol. The molecule has 2 heterocycles. The van der Waals surface area contributed by atoms with Crippen molar-refractivity contribution in [1.82, 2.24) is 9.88 Å². The summed E-state index contributed by atoms with van der Waals surface area (Å²) in [5.41, 5.74) is 0. The smallest absolute Gasteiger partial charge is 0.138 e. The molecule has 1 saturated heterocycles. The number of hydrogen-bond donors (Lipinski definition) is 0. The average Bonchev–Trinajstić information content (AvgIpc) is 2.33. The zero-order valence-corrected chi connectivity index (χ0v) is 10.5. The molecule has 0 aromatic carbocycles. The third-order valence-electron chi connectivity index (χ3n) is 2.52. The third-order valence-corrected chi connectivity index (χ3v) is 2.52. The summed E-state index contributed by atoms with van der Waals surface area (Å²) in [6, 6.07) is 3.86. The normalized spacial score (nSPS) is 20.8. The Bertz CT molecular complexity index is 277. The van der Waals surface area contributed by atoms with Gasteiger partial charge in [0.2, 0.25) is 0 Å². The van der Waals surface area contributed by atoms with Crippen LogP contribution in [0.3, 0.4) is 0 Å². The van der Waals surface area contributed by atoms with E-state index >= 15 is 0 Å². The van der Waals surface area contributed by atoms with Crippen LogP contribution in [0.15, 0.2) is 24.5 Å². The van der Waals surface area contributed by atoms with Crippen LogP contribution in [0, 0.1) is 0 Å². The molecule has 0 spiro atoms. The number of likely N-dealkylation sites (tertiary alicyclic amines) is 1. The quantitative estimate of drug-likeness (QED) is 0.769. The Kier molecular flexibility index (Phi) is 5.86. The van der Waals surface area contributed by atoms with Crippen molar-refractivity contribution < 1.29 is 4.74 Å². The summed E-state index contributed by atoms with van der Waals surface area (Å²) < 4.78 is 5.82. The second-order valence-corrected chi connectivity index (χ2v) is 3.83. The van der Waals surface area contributed by atoms with Crippen molar-refractivity contribution >= 4 is 0 Å². The summed E-state index contributed by atoms with van der Waals surface area (Å²) >= 11 is 0. The van der Waals surface area contributed by atoms with Gasteiger partial charge in [-0.3, -0.25) is 4.98 Å². The van der Waals surface area contributed by atoms with Crippen LogP contribution in [0.25, 0.3) is 0 Å². The first-order valence-corrected chi connectivity index (χ1v) is 6.10. The number of aromatic nitrogens is 1. The number of piperidine rings is 1. The van der Waals surface area contributed by atoms with E-state index in [1.165, 1.54) is 13.0 Å². The Labute approximate surface area is 98.4 Å². The number of nitrogens with zero attached hydrogens (tertiary/aromatic N) is 2. The fourth-order valence-corrected chi connectivity index (χ4v) is 1.82. The third kappa shape index (κ3) is 4.19. The van der Waals surface area contributed by atoms with E-state index in [9.17, 15) is 0 Å². The number of pyridine rings is 1. The van der Waals surface area contributed by atoms with Gasteiger partial charge in [0.25, 0.3) is 0 Å². The van der Waals surface area contributed by atoms with Crippen molar-refractivity contribution in [3.63, 3.8) is 0 Å². The molecule has 3 heteroatoms. The molecule has 0 bridgehead atoms. The van der Waals surface area contributed by atoms with Gasteiger partial charge in [-0.25, -0.2) is 0 Å². The van der Waals surface area contributed by atoms with E-state index in [4.69, 9.17) is 4.74 Å². The van der Waals surface area contributed by atoms with Gasteiger partial charge in [0, 0.05) is 12.7 Å². The highest BCUT2D eigenvalue weighted by atomic mass is 16.5. The SMILES string of the molecule is CC.CN1CCCC(Oc2cccnc2)C1. The van der Waals surface area contributed by atoms with Crippen molar-refractivity contribution in [2.24, 2.45) is 0 Å². The Morgan fingerprint density at radius 2 is 2.25 bits per heavy atom. The summed E-state index contributed by atoms with van der Waals surface area (Å²) in [6.07, 6.45) is 6.24. The van der Waals surface area contributed by atoms with Gasteiger partial charge in [-0.1, -0.05) is 13.8 Å². The van der Waals surface area contributed by atoms with E-state index in [0.717, 1.165) is 18.7 Å². The zero-order valence-electron chi connectivity index (χ0n) is 10.5.